The predicted octanol–water partition coefficient (Wildman–Crippen LogP) is 2.57. The van der Waals surface area contributed by atoms with Gasteiger partial charge < -0.3 is 24.6 Å². The van der Waals surface area contributed by atoms with Crippen LogP contribution >= 0.6 is 22.9 Å². The average molecular weight is 638 g/mol. The summed E-state index contributed by atoms with van der Waals surface area (Å²) in [4.78, 5) is 45.0. The highest BCUT2D eigenvalue weighted by Crippen LogP contribution is 2.32. The lowest BCUT2D eigenvalue weighted by molar-refractivity contribution is -0.146. The van der Waals surface area contributed by atoms with Crippen molar-refractivity contribution in [1.29, 1.82) is 0 Å². The molecule has 3 aromatic rings. The fourth-order valence-electron chi connectivity index (χ4n) is 4.72. The number of aromatic nitrogens is 2. The normalized spacial score (nSPS) is 16.8. The standard InChI is InChI=1S/C27H32ClN5O7S2/c1-4-15-40-27(37)23(22(24-29-12-14-32(24)3)30-25(35)19-9-10-21(28)41-19)31-42(38,39)20-8-6-7-17(16(20)5-2)33-13-11-18(34)26(33)36/h6-10,12,14,18,22-23,31,34H,4-5,11,13,15H2,1-3H3,(H,30,35)/t18-,22?,23-/m0/s1. The minimum atomic E-state index is -4.46. The zero-order valence-electron chi connectivity index (χ0n) is 23.2. The summed E-state index contributed by atoms with van der Waals surface area (Å²) in [5.74, 6) is -1.81. The van der Waals surface area contributed by atoms with E-state index in [0.717, 1.165) is 11.3 Å². The molecule has 2 amide bonds. The number of rotatable bonds is 12. The number of anilines is 1. The lowest BCUT2D eigenvalue weighted by Gasteiger charge is -2.28. The number of aliphatic hydroxyl groups is 1. The number of hydrogen-bond donors (Lipinski definition) is 3. The Balaban J connectivity index is 1.77. The number of nitrogens with zero attached hydrogens (tertiary/aromatic N) is 3. The molecule has 0 spiro atoms. The van der Waals surface area contributed by atoms with Gasteiger partial charge in [-0.05, 0) is 42.7 Å². The van der Waals surface area contributed by atoms with E-state index < -0.39 is 46.0 Å². The molecule has 226 valence electrons. The van der Waals surface area contributed by atoms with Gasteiger partial charge in [-0.3, -0.25) is 14.4 Å². The number of imidazole rings is 1. The highest BCUT2D eigenvalue weighted by Gasteiger charge is 2.40. The van der Waals surface area contributed by atoms with Gasteiger partial charge in [0.05, 0.1) is 20.7 Å². The first kappa shape index (κ1) is 31.6. The molecule has 1 aliphatic heterocycles. The van der Waals surface area contributed by atoms with E-state index in [1.54, 1.807) is 43.8 Å². The number of sulfonamides is 1. The van der Waals surface area contributed by atoms with Crippen LogP contribution in [0.25, 0.3) is 0 Å². The highest BCUT2D eigenvalue weighted by atomic mass is 35.5. The Hall–Kier alpha value is -3.30. The topological polar surface area (TPSA) is 160 Å². The third-order valence-corrected chi connectivity index (χ3v) is 9.51. The second-order valence-corrected chi connectivity index (χ2v) is 13.0. The van der Waals surface area contributed by atoms with E-state index in [2.05, 4.69) is 15.0 Å². The van der Waals surface area contributed by atoms with Crippen molar-refractivity contribution in [3.05, 3.63) is 63.3 Å². The van der Waals surface area contributed by atoms with Crippen molar-refractivity contribution in [2.24, 2.45) is 7.05 Å². The summed E-state index contributed by atoms with van der Waals surface area (Å²) in [6.07, 6.45) is 2.83. The van der Waals surface area contributed by atoms with E-state index >= 15 is 0 Å². The van der Waals surface area contributed by atoms with Gasteiger partial charge in [0.1, 0.15) is 24.0 Å². The summed E-state index contributed by atoms with van der Waals surface area (Å²) in [7, 11) is -2.81. The second kappa shape index (κ2) is 13.3. The number of esters is 1. The van der Waals surface area contributed by atoms with Crippen molar-refractivity contribution in [1.82, 2.24) is 19.6 Å². The molecule has 15 heteroatoms. The third kappa shape index (κ3) is 6.68. The van der Waals surface area contributed by atoms with Gasteiger partial charge in [-0.15, -0.1) is 11.3 Å². The number of carbonyl (C=O) groups is 3. The summed E-state index contributed by atoms with van der Waals surface area (Å²) in [5.41, 5.74) is 0.689. The molecule has 42 heavy (non-hydrogen) atoms. The van der Waals surface area contributed by atoms with Crippen molar-refractivity contribution >= 4 is 56.4 Å². The molecule has 2 aromatic heterocycles. The molecule has 1 aromatic carbocycles. The SMILES string of the molecule is CCCOC(=O)[C@@H](NS(=O)(=O)c1cccc(N2CC[C@H](O)C2=O)c1CC)C(NC(=O)c1ccc(Cl)s1)c1nccn1C. The van der Waals surface area contributed by atoms with Gasteiger partial charge in [0, 0.05) is 38.1 Å². The number of halogens is 1. The number of hydrogen-bond acceptors (Lipinski definition) is 9. The minimum absolute atomic E-state index is 0.0217. The molecule has 1 unspecified atom stereocenters. The van der Waals surface area contributed by atoms with Gasteiger partial charge in [-0.2, -0.15) is 4.72 Å². The zero-order valence-corrected chi connectivity index (χ0v) is 25.6. The third-order valence-electron chi connectivity index (χ3n) is 6.76. The van der Waals surface area contributed by atoms with Gasteiger partial charge in [0.25, 0.3) is 11.8 Å². The molecule has 0 saturated carbocycles. The molecule has 3 atom stereocenters. The van der Waals surface area contributed by atoms with Crippen molar-refractivity contribution in [2.45, 2.75) is 56.2 Å². The van der Waals surface area contributed by atoms with Gasteiger partial charge in [0.2, 0.25) is 10.0 Å². The number of amides is 2. The molecule has 3 heterocycles. The van der Waals surface area contributed by atoms with Crippen LogP contribution in [0, 0.1) is 0 Å². The molecule has 1 saturated heterocycles. The molecule has 0 bridgehead atoms. The molecule has 3 N–H and O–H groups in total. The fraction of sp³-hybridized carbons (Fsp3) is 0.407. The number of nitrogens with one attached hydrogen (secondary N) is 2. The maximum atomic E-state index is 14.0. The Morgan fingerprint density at radius 2 is 2.02 bits per heavy atom. The summed E-state index contributed by atoms with van der Waals surface area (Å²) in [6, 6.07) is 4.65. The van der Waals surface area contributed by atoms with Gasteiger partial charge in [-0.1, -0.05) is 31.5 Å². The Morgan fingerprint density at radius 3 is 2.60 bits per heavy atom. The van der Waals surface area contributed by atoms with Crippen LogP contribution < -0.4 is 14.9 Å². The molecule has 1 fully saturated rings. The largest absolute Gasteiger partial charge is 0.464 e. The fourth-order valence-corrected chi connectivity index (χ4v) is 7.19. The van der Waals surface area contributed by atoms with Gasteiger partial charge in [0.15, 0.2) is 0 Å². The number of aliphatic hydroxyl groups excluding tert-OH is 1. The summed E-state index contributed by atoms with van der Waals surface area (Å²) in [6.45, 7) is 3.79. The van der Waals surface area contributed by atoms with Crippen LogP contribution in [0.2, 0.25) is 4.34 Å². The van der Waals surface area contributed by atoms with Crippen LogP contribution in [0.3, 0.4) is 0 Å². The first-order chi connectivity index (χ1) is 20.0. The van der Waals surface area contributed by atoms with E-state index in [1.165, 1.54) is 29.3 Å². The van der Waals surface area contributed by atoms with Crippen LogP contribution in [0.15, 0.2) is 47.6 Å². The Kier molecular flexibility index (Phi) is 10.0. The van der Waals surface area contributed by atoms with Crippen LogP contribution in [0.1, 0.15) is 53.8 Å². The van der Waals surface area contributed by atoms with Gasteiger partial charge in [-0.25, -0.2) is 13.4 Å². The number of thiophene rings is 1. The maximum Gasteiger partial charge on any atom is 0.326 e. The quantitative estimate of drug-likeness (QED) is 0.256. The molecule has 0 radical (unpaired) electrons. The Labute approximate surface area is 252 Å². The Morgan fingerprint density at radius 1 is 1.26 bits per heavy atom. The van der Waals surface area contributed by atoms with Crippen molar-refractivity contribution in [3.63, 3.8) is 0 Å². The minimum Gasteiger partial charge on any atom is -0.464 e. The van der Waals surface area contributed by atoms with E-state index in [-0.39, 0.29) is 41.6 Å². The van der Waals surface area contributed by atoms with Gasteiger partial charge >= 0.3 is 5.97 Å². The zero-order chi connectivity index (χ0) is 30.6. The van der Waals surface area contributed by atoms with E-state index in [4.69, 9.17) is 16.3 Å². The number of aryl methyl sites for hydroxylation is 1. The van der Waals surface area contributed by atoms with E-state index in [0.29, 0.717) is 22.0 Å². The molecule has 4 rings (SSSR count). The molecular weight excluding hydrogens is 606 g/mol. The van der Waals surface area contributed by atoms with Crippen molar-refractivity contribution in [3.8, 4) is 0 Å². The van der Waals surface area contributed by atoms with Crippen LogP contribution in [-0.4, -0.2) is 66.2 Å². The van der Waals surface area contributed by atoms with Crippen LogP contribution in [0.5, 0.6) is 0 Å². The highest BCUT2D eigenvalue weighted by molar-refractivity contribution is 7.89. The summed E-state index contributed by atoms with van der Waals surface area (Å²) in [5, 5.41) is 12.7. The van der Waals surface area contributed by atoms with E-state index in [9.17, 15) is 27.9 Å². The lowest BCUT2D eigenvalue weighted by Crippen LogP contribution is -2.52. The smallest absolute Gasteiger partial charge is 0.326 e. The number of carbonyl (C=O) groups excluding carboxylic acids is 3. The average Bonchev–Trinajstić information content (AvgIpc) is 3.68. The molecule has 1 aliphatic rings. The first-order valence-corrected chi connectivity index (χ1v) is 16.0. The molecule has 12 nitrogen and oxygen atoms in total. The molecule has 0 aliphatic carbocycles. The van der Waals surface area contributed by atoms with Crippen LogP contribution in [-0.2, 0) is 37.8 Å². The monoisotopic (exact) mass is 637 g/mol. The second-order valence-electron chi connectivity index (χ2n) is 9.62. The van der Waals surface area contributed by atoms with E-state index in [1.807, 2.05) is 0 Å². The lowest BCUT2D eigenvalue weighted by atomic mass is 10.1. The van der Waals surface area contributed by atoms with Crippen molar-refractivity contribution in [2.75, 3.05) is 18.1 Å². The molecular formula is C27H32ClN5O7S2. The van der Waals surface area contributed by atoms with Crippen LogP contribution in [0.4, 0.5) is 5.69 Å². The first-order valence-electron chi connectivity index (χ1n) is 13.3. The number of benzene rings is 1. The predicted molar refractivity (Wildman–Crippen MR) is 157 cm³/mol. The Bertz CT molecular complexity index is 1570. The summed E-state index contributed by atoms with van der Waals surface area (Å²) < 4.78 is 37.8. The van der Waals surface area contributed by atoms with Crippen molar-refractivity contribution < 1.29 is 32.6 Å². The maximum absolute atomic E-state index is 14.0. The summed E-state index contributed by atoms with van der Waals surface area (Å²) >= 11 is 7.04. The number of ether oxygens (including phenoxy) is 1.